The van der Waals surface area contributed by atoms with Gasteiger partial charge in [-0.2, -0.15) is 11.8 Å². The minimum absolute atomic E-state index is 0.306. The fourth-order valence-corrected chi connectivity index (χ4v) is 2.99. The van der Waals surface area contributed by atoms with Crippen LogP contribution in [0.5, 0.6) is 0 Å². The third-order valence-electron chi connectivity index (χ3n) is 3.14. The highest BCUT2D eigenvalue weighted by atomic mass is 32.2. The molecule has 1 fully saturated rings. The Balaban J connectivity index is 2.32. The van der Waals surface area contributed by atoms with Gasteiger partial charge in [-0.25, -0.2) is 9.97 Å². The fraction of sp³-hybridized carbons (Fsp3) is 0.636. The Kier molecular flexibility index (Phi) is 3.35. The third kappa shape index (κ3) is 2.15. The molecule has 4 nitrogen and oxygen atoms in total. The van der Waals surface area contributed by atoms with Crippen molar-refractivity contribution >= 4 is 17.6 Å². The summed E-state index contributed by atoms with van der Waals surface area (Å²) < 4.78 is 0. The molecule has 2 N–H and O–H groups in total. The molecule has 0 radical (unpaired) electrons. The van der Waals surface area contributed by atoms with Gasteiger partial charge >= 0.3 is 0 Å². The maximum atomic E-state index is 5.90. The second-order valence-corrected chi connectivity index (χ2v) is 5.40. The lowest BCUT2D eigenvalue weighted by Crippen LogP contribution is -2.34. The number of nitrogens with zero attached hydrogens (tertiary/aromatic N) is 3. The molecule has 0 spiro atoms. The SMILES string of the molecule is Cc1nc(C2CSCCN2C)nc(N)c1C. The highest BCUT2D eigenvalue weighted by Crippen LogP contribution is 2.27. The summed E-state index contributed by atoms with van der Waals surface area (Å²) in [7, 11) is 2.12. The summed E-state index contributed by atoms with van der Waals surface area (Å²) in [5.74, 6) is 3.73. The molecule has 0 aromatic carbocycles. The van der Waals surface area contributed by atoms with Gasteiger partial charge in [-0.05, 0) is 20.9 Å². The van der Waals surface area contributed by atoms with Gasteiger partial charge in [-0.1, -0.05) is 0 Å². The molecular formula is C11H18N4S. The van der Waals surface area contributed by atoms with Crippen LogP contribution in [0.3, 0.4) is 0 Å². The van der Waals surface area contributed by atoms with Gasteiger partial charge in [-0.15, -0.1) is 0 Å². The van der Waals surface area contributed by atoms with Gasteiger partial charge < -0.3 is 5.73 Å². The fourth-order valence-electron chi connectivity index (χ4n) is 1.78. The summed E-state index contributed by atoms with van der Waals surface area (Å²) in [6.45, 7) is 5.05. The minimum Gasteiger partial charge on any atom is -0.383 e. The average Bonchev–Trinajstić information content (AvgIpc) is 2.26. The molecule has 2 rings (SSSR count). The van der Waals surface area contributed by atoms with Crippen molar-refractivity contribution in [2.24, 2.45) is 0 Å². The van der Waals surface area contributed by atoms with E-state index in [9.17, 15) is 0 Å². The van der Waals surface area contributed by atoms with Crippen molar-refractivity contribution in [1.82, 2.24) is 14.9 Å². The second kappa shape index (κ2) is 4.59. The Bertz CT molecular complexity index is 371. The summed E-state index contributed by atoms with van der Waals surface area (Å²) in [6, 6.07) is 0.306. The van der Waals surface area contributed by atoms with Crippen LogP contribution in [-0.2, 0) is 0 Å². The van der Waals surface area contributed by atoms with E-state index in [1.807, 2.05) is 25.6 Å². The van der Waals surface area contributed by atoms with Crippen molar-refractivity contribution in [2.45, 2.75) is 19.9 Å². The first-order valence-corrected chi connectivity index (χ1v) is 6.63. The van der Waals surface area contributed by atoms with E-state index in [-0.39, 0.29) is 0 Å². The minimum atomic E-state index is 0.306. The van der Waals surface area contributed by atoms with E-state index in [0.717, 1.165) is 29.4 Å². The summed E-state index contributed by atoms with van der Waals surface area (Å²) in [6.07, 6.45) is 0. The van der Waals surface area contributed by atoms with E-state index >= 15 is 0 Å². The molecular weight excluding hydrogens is 220 g/mol. The van der Waals surface area contributed by atoms with Gasteiger partial charge in [0, 0.05) is 29.3 Å². The summed E-state index contributed by atoms with van der Waals surface area (Å²) in [4.78, 5) is 11.3. The van der Waals surface area contributed by atoms with Crippen LogP contribution in [0.1, 0.15) is 23.1 Å². The second-order valence-electron chi connectivity index (χ2n) is 4.25. The average molecular weight is 238 g/mol. The van der Waals surface area contributed by atoms with Crippen LogP contribution in [0, 0.1) is 13.8 Å². The number of hydrogen-bond acceptors (Lipinski definition) is 5. The number of thioether (sulfide) groups is 1. The number of nitrogens with two attached hydrogens (primary N) is 1. The van der Waals surface area contributed by atoms with Gasteiger partial charge in [0.05, 0.1) is 6.04 Å². The highest BCUT2D eigenvalue weighted by Gasteiger charge is 2.24. The lowest BCUT2D eigenvalue weighted by Gasteiger charge is -2.31. The number of aromatic nitrogens is 2. The Morgan fingerprint density at radius 1 is 1.38 bits per heavy atom. The van der Waals surface area contributed by atoms with E-state index in [2.05, 4.69) is 21.9 Å². The van der Waals surface area contributed by atoms with Gasteiger partial charge in [0.2, 0.25) is 0 Å². The van der Waals surface area contributed by atoms with Crippen LogP contribution >= 0.6 is 11.8 Å². The zero-order chi connectivity index (χ0) is 11.7. The molecule has 1 aliphatic heterocycles. The lowest BCUT2D eigenvalue weighted by molar-refractivity contribution is 0.264. The normalized spacial score (nSPS) is 22.3. The first kappa shape index (κ1) is 11.7. The smallest absolute Gasteiger partial charge is 0.148 e. The van der Waals surface area contributed by atoms with Crippen LogP contribution in [-0.4, -0.2) is 40.0 Å². The van der Waals surface area contributed by atoms with Crippen molar-refractivity contribution in [3.8, 4) is 0 Å². The Labute approximate surface area is 101 Å². The van der Waals surface area contributed by atoms with E-state index < -0.39 is 0 Å². The molecule has 88 valence electrons. The maximum Gasteiger partial charge on any atom is 0.148 e. The van der Waals surface area contributed by atoms with Crippen LogP contribution in [0.25, 0.3) is 0 Å². The first-order valence-electron chi connectivity index (χ1n) is 5.48. The molecule has 0 saturated carbocycles. The molecule has 0 aliphatic carbocycles. The third-order valence-corrected chi connectivity index (χ3v) is 4.16. The van der Waals surface area contributed by atoms with Gasteiger partial charge in [0.25, 0.3) is 0 Å². The van der Waals surface area contributed by atoms with Crippen molar-refractivity contribution < 1.29 is 0 Å². The lowest BCUT2D eigenvalue weighted by atomic mass is 10.2. The predicted octanol–water partition coefficient (Wildman–Crippen LogP) is 1.40. The van der Waals surface area contributed by atoms with Crippen molar-refractivity contribution in [1.29, 1.82) is 0 Å². The monoisotopic (exact) mass is 238 g/mol. The van der Waals surface area contributed by atoms with E-state index in [0.29, 0.717) is 11.9 Å². The van der Waals surface area contributed by atoms with Crippen molar-refractivity contribution in [3.63, 3.8) is 0 Å². The molecule has 0 amide bonds. The summed E-state index contributed by atoms with van der Waals surface area (Å²) in [5.41, 5.74) is 7.88. The quantitative estimate of drug-likeness (QED) is 0.801. The molecule has 1 saturated heterocycles. The van der Waals surface area contributed by atoms with Gasteiger partial charge in [0.15, 0.2) is 0 Å². The van der Waals surface area contributed by atoms with Crippen molar-refractivity contribution in [3.05, 3.63) is 17.1 Å². The van der Waals surface area contributed by atoms with Gasteiger partial charge in [0.1, 0.15) is 11.6 Å². The zero-order valence-electron chi connectivity index (χ0n) is 10.0. The van der Waals surface area contributed by atoms with E-state index in [1.54, 1.807) is 0 Å². The van der Waals surface area contributed by atoms with Crippen LogP contribution < -0.4 is 5.73 Å². The standard InChI is InChI=1S/C11H18N4S/c1-7-8(2)13-11(14-10(7)12)9-6-16-5-4-15(9)3/h9H,4-6H2,1-3H3,(H2,12,13,14). The molecule has 0 bridgehead atoms. The van der Waals surface area contributed by atoms with Crippen LogP contribution in [0.4, 0.5) is 5.82 Å². The molecule has 2 heterocycles. The number of nitrogen functional groups attached to an aromatic ring is 1. The Hall–Kier alpha value is -0.810. The zero-order valence-corrected chi connectivity index (χ0v) is 10.8. The van der Waals surface area contributed by atoms with Crippen LogP contribution in [0.15, 0.2) is 0 Å². The molecule has 1 atom stereocenters. The summed E-state index contributed by atoms with van der Waals surface area (Å²) in [5, 5.41) is 0. The number of aryl methyl sites for hydroxylation is 1. The number of rotatable bonds is 1. The van der Waals surface area contributed by atoms with E-state index in [4.69, 9.17) is 5.73 Å². The number of anilines is 1. The molecule has 1 aliphatic rings. The van der Waals surface area contributed by atoms with Crippen LogP contribution in [0.2, 0.25) is 0 Å². The maximum absolute atomic E-state index is 5.90. The Morgan fingerprint density at radius 3 is 2.75 bits per heavy atom. The Morgan fingerprint density at radius 2 is 2.12 bits per heavy atom. The molecule has 1 aromatic heterocycles. The molecule has 16 heavy (non-hydrogen) atoms. The largest absolute Gasteiger partial charge is 0.383 e. The molecule has 1 aromatic rings. The predicted molar refractivity (Wildman–Crippen MR) is 68.6 cm³/mol. The van der Waals surface area contributed by atoms with E-state index in [1.165, 1.54) is 5.75 Å². The topological polar surface area (TPSA) is 55.0 Å². The number of hydrogen-bond donors (Lipinski definition) is 1. The summed E-state index contributed by atoms with van der Waals surface area (Å²) >= 11 is 1.96. The van der Waals surface area contributed by atoms with Crippen molar-refractivity contribution in [2.75, 3.05) is 30.8 Å². The van der Waals surface area contributed by atoms with Gasteiger partial charge in [-0.3, -0.25) is 4.90 Å². The molecule has 1 unspecified atom stereocenters. The highest BCUT2D eigenvalue weighted by molar-refractivity contribution is 7.99. The first-order chi connectivity index (χ1) is 7.59. The molecule has 5 heteroatoms.